The van der Waals surface area contributed by atoms with Crippen LogP contribution in [-0.4, -0.2) is 50.6 Å². The highest BCUT2D eigenvalue weighted by Crippen LogP contribution is 2.26. The van der Waals surface area contributed by atoms with Crippen molar-refractivity contribution in [3.8, 4) is 5.75 Å². The van der Waals surface area contributed by atoms with Crippen LogP contribution in [-0.2, 0) is 16.6 Å². The van der Waals surface area contributed by atoms with Crippen molar-refractivity contribution in [3.05, 3.63) is 88.0 Å². The van der Waals surface area contributed by atoms with Crippen LogP contribution in [0.1, 0.15) is 5.56 Å². The molecule has 0 unspecified atom stereocenters. The van der Waals surface area contributed by atoms with Crippen molar-refractivity contribution in [1.29, 1.82) is 0 Å². The molecular formula is C25H25N3O4S2. The third-order valence-electron chi connectivity index (χ3n) is 6.14. The normalized spacial score (nSPS) is 15.0. The van der Waals surface area contributed by atoms with Crippen LogP contribution in [0.2, 0.25) is 0 Å². The quantitative estimate of drug-likeness (QED) is 0.409. The van der Waals surface area contributed by atoms with E-state index in [0.29, 0.717) is 37.4 Å². The average molecular weight is 496 g/mol. The van der Waals surface area contributed by atoms with E-state index in [1.54, 1.807) is 29.9 Å². The molecule has 0 radical (unpaired) electrons. The topological polar surface area (TPSA) is 71.8 Å². The van der Waals surface area contributed by atoms with E-state index in [1.165, 1.54) is 4.31 Å². The lowest BCUT2D eigenvalue weighted by Gasteiger charge is -2.35. The second-order valence-electron chi connectivity index (χ2n) is 8.16. The summed E-state index contributed by atoms with van der Waals surface area (Å²) in [4.78, 5) is 14.9. The third-order valence-corrected chi connectivity index (χ3v) is 8.97. The van der Waals surface area contributed by atoms with Crippen LogP contribution >= 0.6 is 11.3 Å². The number of nitrogens with zero attached hydrogens (tertiary/aromatic N) is 3. The predicted octanol–water partition coefficient (Wildman–Crippen LogP) is 3.63. The molecule has 1 aromatic heterocycles. The lowest BCUT2D eigenvalue weighted by Crippen LogP contribution is -2.48. The Morgan fingerprint density at radius 3 is 2.29 bits per heavy atom. The number of hydrogen-bond acceptors (Lipinski definition) is 6. The van der Waals surface area contributed by atoms with Gasteiger partial charge in [0.15, 0.2) is 0 Å². The van der Waals surface area contributed by atoms with Crippen LogP contribution in [0, 0.1) is 0 Å². The highest BCUT2D eigenvalue weighted by Gasteiger charge is 2.29. The zero-order valence-corrected chi connectivity index (χ0v) is 20.4. The molecule has 1 aliphatic rings. The van der Waals surface area contributed by atoms with Gasteiger partial charge in [0.05, 0.1) is 28.8 Å². The van der Waals surface area contributed by atoms with Crippen molar-refractivity contribution in [2.45, 2.75) is 11.4 Å². The van der Waals surface area contributed by atoms with Gasteiger partial charge in [-0.3, -0.25) is 9.36 Å². The van der Waals surface area contributed by atoms with Crippen molar-refractivity contribution in [2.24, 2.45) is 0 Å². The number of methoxy groups -OCH3 is 1. The van der Waals surface area contributed by atoms with E-state index >= 15 is 0 Å². The second-order valence-corrected chi connectivity index (χ2v) is 11.1. The van der Waals surface area contributed by atoms with Crippen molar-refractivity contribution >= 4 is 37.3 Å². The molecule has 0 saturated carbocycles. The molecule has 0 N–H and O–H groups in total. The number of hydrogen-bond donors (Lipinski definition) is 0. The summed E-state index contributed by atoms with van der Waals surface area (Å²) in [6.07, 6.45) is 0. The smallest absolute Gasteiger partial charge is 0.308 e. The Morgan fingerprint density at radius 1 is 0.912 bits per heavy atom. The fourth-order valence-corrected chi connectivity index (χ4v) is 6.71. The third kappa shape index (κ3) is 4.34. The Morgan fingerprint density at radius 2 is 1.62 bits per heavy atom. The van der Waals surface area contributed by atoms with Gasteiger partial charge in [-0.15, -0.1) is 0 Å². The Hall–Kier alpha value is -3.14. The van der Waals surface area contributed by atoms with Gasteiger partial charge in [0, 0.05) is 31.9 Å². The number of thiazole rings is 1. The van der Waals surface area contributed by atoms with Crippen LogP contribution in [0.5, 0.6) is 5.75 Å². The van der Waals surface area contributed by atoms with Crippen molar-refractivity contribution < 1.29 is 13.2 Å². The number of benzene rings is 3. The van der Waals surface area contributed by atoms with E-state index in [0.717, 1.165) is 33.9 Å². The summed E-state index contributed by atoms with van der Waals surface area (Å²) >= 11 is 1.08. The summed E-state index contributed by atoms with van der Waals surface area (Å²) in [6.45, 7) is 2.47. The minimum atomic E-state index is -3.65. The zero-order chi connectivity index (χ0) is 23.7. The molecule has 176 valence electrons. The number of ether oxygens (including phenoxy) is 1. The molecule has 0 spiro atoms. The zero-order valence-electron chi connectivity index (χ0n) is 18.8. The standard InChI is InChI=1S/C25H25N3O4S2/c1-32-21-9-7-20(8-10-21)26-13-15-27(16-14-26)34(30,31)22-11-12-23-24(17-22)33-25(29)28(23)18-19-5-3-2-4-6-19/h2-12,17H,13-16,18H2,1H3. The van der Waals surface area contributed by atoms with E-state index in [1.807, 2.05) is 54.6 Å². The molecule has 4 aromatic rings. The van der Waals surface area contributed by atoms with Crippen LogP contribution in [0.3, 0.4) is 0 Å². The number of piperazine rings is 1. The molecular weight excluding hydrogens is 470 g/mol. The van der Waals surface area contributed by atoms with Crippen LogP contribution in [0.15, 0.2) is 82.5 Å². The molecule has 9 heteroatoms. The molecule has 0 amide bonds. The molecule has 1 saturated heterocycles. The maximum Gasteiger partial charge on any atom is 0.308 e. The molecule has 34 heavy (non-hydrogen) atoms. The molecule has 2 heterocycles. The Labute approximate surface area is 202 Å². The number of fused-ring (bicyclic) bond motifs is 1. The highest BCUT2D eigenvalue weighted by atomic mass is 32.2. The molecule has 3 aromatic carbocycles. The SMILES string of the molecule is COc1ccc(N2CCN(S(=O)(=O)c3ccc4c(c3)sc(=O)n4Cc3ccccc3)CC2)cc1. The monoisotopic (exact) mass is 495 g/mol. The number of sulfonamides is 1. The van der Waals surface area contributed by atoms with Crippen LogP contribution < -0.4 is 14.5 Å². The van der Waals surface area contributed by atoms with E-state index in [2.05, 4.69) is 4.90 Å². The van der Waals surface area contributed by atoms with E-state index < -0.39 is 10.0 Å². The lowest BCUT2D eigenvalue weighted by molar-refractivity contribution is 0.385. The summed E-state index contributed by atoms with van der Waals surface area (Å²) in [7, 11) is -2.02. The largest absolute Gasteiger partial charge is 0.497 e. The average Bonchev–Trinajstić information content (AvgIpc) is 3.19. The van der Waals surface area contributed by atoms with Gasteiger partial charge in [-0.05, 0) is 48.0 Å². The number of rotatable bonds is 6. The van der Waals surface area contributed by atoms with Gasteiger partial charge < -0.3 is 9.64 Å². The first-order valence-electron chi connectivity index (χ1n) is 11.0. The summed E-state index contributed by atoms with van der Waals surface area (Å²) in [6, 6.07) is 22.5. The molecule has 5 rings (SSSR count). The molecule has 0 atom stereocenters. The first-order chi connectivity index (χ1) is 16.5. The Bertz CT molecular complexity index is 1450. The van der Waals surface area contributed by atoms with Gasteiger partial charge in [0.2, 0.25) is 10.0 Å². The Kier molecular flexibility index (Phi) is 6.16. The molecule has 7 nitrogen and oxygen atoms in total. The minimum Gasteiger partial charge on any atom is -0.497 e. The lowest BCUT2D eigenvalue weighted by atomic mass is 10.2. The maximum atomic E-state index is 13.4. The first kappa shape index (κ1) is 22.6. The van der Waals surface area contributed by atoms with Crippen LogP contribution in [0.25, 0.3) is 10.2 Å². The van der Waals surface area contributed by atoms with Crippen LogP contribution in [0.4, 0.5) is 5.69 Å². The summed E-state index contributed by atoms with van der Waals surface area (Å²) < 4.78 is 35.8. The molecule has 1 fully saturated rings. The van der Waals surface area contributed by atoms with E-state index in [4.69, 9.17) is 4.74 Å². The first-order valence-corrected chi connectivity index (χ1v) is 13.3. The second kappa shape index (κ2) is 9.25. The number of aromatic nitrogens is 1. The van der Waals surface area contributed by atoms with Gasteiger partial charge in [-0.2, -0.15) is 4.31 Å². The van der Waals surface area contributed by atoms with E-state index in [9.17, 15) is 13.2 Å². The van der Waals surface area contributed by atoms with Crippen molar-refractivity contribution in [3.63, 3.8) is 0 Å². The number of anilines is 1. The van der Waals surface area contributed by atoms with Crippen molar-refractivity contribution in [1.82, 2.24) is 8.87 Å². The highest BCUT2D eigenvalue weighted by molar-refractivity contribution is 7.89. The van der Waals surface area contributed by atoms with Gasteiger partial charge >= 0.3 is 4.87 Å². The molecule has 0 aliphatic carbocycles. The fraction of sp³-hybridized carbons (Fsp3) is 0.240. The van der Waals surface area contributed by atoms with Gasteiger partial charge in [0.1, 0.15) is 5.75 Å². The molecule has 1 aliphatic heterocycles. The Balaban J connectivity index is 1.34. The van der Waals surface area contributed by atoms with Gasteiger partial charge in [-0.1, -0.05) is 41.7 Å². The minimum absolute atomic E-state index is 0.0958. The predicted molar refractivity (Wildman–Crippen MR) is 136 cm³/mol. The summed E-state index contributed by atoms with van der Waals surface area (Å²) in [5.41, 5.74) is 2.82. The molecule has 0 bridgehead atoms. The van der Waals surface area contributed by atoms with Gasteiger partial charge in [0.25, 0.3) is 0 Å². The maximum absolute atomic E-state index is 13.4. The fourth-order valence-electron chi connectivity index (χ4n) is 4.25. The van der Waals surface area contributed by atoms with Crippen molar-refractivity contribution in [2.75, 3.05) is 38.2 Å². The summed E-state index contributed by atoms with van der Waals surface area (Å²) in [5.74, 6) is 0.792. The van der Waals surface area contributed by atoms with E-state index in [-0.39, 0.29) is 9.77 Å². The van der Waals surface area contributed by atoms with Gasteiger partial charge in [-0.25, -0.2) is 8.42 Å². The summed E-state index contributed by atoms with van der Waals surface area (Å²) in [5, 5.41) is 0.